The van der Waals surface area contributed by atoms with E-state index in [1.807, 2.05) is 12.1 Å². The van der Waals surface area contributed by atoms with E-state index >= 15 is 0 Å². The Kier molecular flexibility index (Phi) is 8.94. The number of aromatic nitrogens is 2. The Bertz CT molecular complexity index is 1310. The molecule has 0 radical (unpaired) electrons. The van der Waals surface area contributed by atoms with E-state index in [9.17, 15) is 18.8 Å². The maximum atomic E-state index is 14.7. The van der Waals surface area contributed by atoms with Crippen LogP contribution in [0, 0.1) is 5.82 Å². The van der Waals surface area contributed by atoms with Crippen molar-refractivity contribution in [2.75, 3.05) is 59.0 Å². The van der Waals surface area contributed by atoms with Crippen LogP contribution in [0.25, 0.3) is 10.8 Å². The molecule has 1 fully saturated rings. The number of nitrogens with one attached hydrogen (secondary N) is 2. The van der Waals surface area contributed by atoms with E-state index in [2.05, 4.69) is 15.5 Å². The normalized spacial score (nSPS) is 13.8. The van der Waals surface area contributed by atoms with Gasteiger partial charge in [0.15, 0.2) is 0 Å². The summed E-state index contributed by atoms with van der Waals surface area (Å²) in [5.74, 6) is -1.08. The lowest BCUT2D eigenvalue weighted by atomic mass is 10.0. The Hall–Kier alpha value is -3.67. The lowest BCUT2D eigenvalue weighted by Crippen LogP contribution is -2.52. The Morgan fingerprint density at radius 2 is 1.78 bits per heavy atom. The highest BCUT2D eigenvalue weighted by atomic mass is 19.1. The molecule has 0 bridgehead atoms. The fourth-order valence-corrected chi connectivity index (χ4v) is 4.31. The number of amides is 2. The van der Waals surface area contributed by atoms with Crippen molar-refractivity contribution >= 4 is 22.6 Å². The van der Waals surface area contributed by atoms with Crippen molar-refractivity contribution in [2.24, 2.45) is 5.73 Å². The molecule has 2 aromatic carbocycles. The standard InChI is InChI=1S/C26H31FN6O4/c27-22-6-5-18(16-23-19-3-1-2-4-20(19)25(35)31-30-23)15-21(22)26(36)33-11-9-32(10-12-33)24(34)17-29-8-14-37-13-7-28/h1-6,15,29H,7-14,16-17,28H2,(H,31,35). The fourth-order valence-electron chi connectivity index (χ4n) is 4.31. The summed E-state index contributed by atoms with van der Waals surface area (Å²) < 4.78 is 19.9. The molecule has 1 saturated heterocycles. The van der Waals surface area contributed by atoms with E-state index in [0.717, 1.165) is 0 Å². The zero-order valence-corrected chi connectivity index (χ0v) is 20.5. The molecule has 0 saturated carbocycles. The number of aromatic amines is 1. The molecule has 0 aliphatic carbocycles. The SMILES string of the molecule is NCCOCCNCC(=O)N1CCN(C(=O)c2cc(Cc3n[nH]c(=O)c4ccccc34)ccc2F)CC1. The van der Waals surface area contributed by atoms with Gasteiger partial charge in [0.1, 0.15) is 5.82 Å². The lowest BCUT2D eigenvalue weighted by Gasteiger charge is -2.35. The third kappa shape index (κ3) is 6.56. The van der Waals surface area contributed by atoms with E-state index in [0.29, 0.717) is 80.9 Å². The number of hydrogen-bond donors (Lipinski definition) is 3. The van der Waals surface area contributed by atoms with Crippen molar-refractivity contribution in [1.82, 2.24) is 25.3 Å². The van der Waals surface area contributed by atoms with E-state index in [1.165, 1.54) is 12.1 Å². The van der Waals surface area contributed by atoms with Crippen molar-refractivity contribution in [3.63, 3.8) is 0 Å². The zero-order chi connectivity index (χ0) is 26.2. The molecule has 3 aromatic rings. The number of benzene rings is 2. The number of piperazine rings is 1. The Balaban J connectivity index is 1.36. The third-order valence-electron chi connectivity index (χ3n) is 6.29. The summed E-state index contributed by atoms with van der Waals surface area (Å²) in [4.78, 5) is 40.9. The van der Waals surface area contributed by atoms with E-state index in [1.54, 1.807) is 28.0 Å². The molecule has 0 atom stereocenters. The molecule has 10 nitrogen and oxygen atoms in total. The number of nitrogens with two attached hydrogens (primary N) is 1. The predicted molar refractivity (Wildman–Crippen MR) is 137 cm³/mol. The van der Waals surface area contributed by atoms with Gasteiger partial charge in [-0.3, -0.25) is 14.4 Å². The summed E-state index contributed by atoms with van der Waals surface area (Å²) in [5, 5.41) is 10.9. The van der Waals surface area contributed by atoms with Gasteiger partial charge in [0.25, 0.3) is 11.5 Å². The zero-order valence-electron chi connectivity index (χ0n) is 20.5. The van der Waals surface area contributed by atoms with Crippen LogP contribution in [-0.2, 0) is 16.0 Å². The number of fused-ring (bicyclic) bond motifs is 1. The topological polar surface area (TPSA) is 134 Å². The molecule has 196 valence electrons. The average Bonchev–Trinajstić information content (AvgIpc) is 2.93. The van der Waals surface area contributed by atoms with Gasteiger partial charge in [-0.15, -0.1) is 0 Å². The van der Waals surface area contributed by atoms with Crippen LogP contribution < -0.4 is 16.6 Å². The summed E-state index contributed by atoms with van der Waals surface area (Å²) in [6.07, 6.45) is 0.324. The van der Waals surface area contributed by atoms with E-state index in [-0.39, 0.29) is 23.6 Å². The summed E-state index contributed by atoms with van der Waals surface area (Å²) in [6, 6.07) is 11.6. The molecule has 1 aliphatic heterocycles. The second-order valence-electron chi connectivity index (χ2n) is 8.79. The maximum Gasteiger partial charge on any atom is 0.272 e. The molecule has 1 aromatic heterocycles. The second kappa shape index (κ2) is 12.5. The van der Waals surface area contributed by atoms with Crippen LogP contribution in [0.2, 0.25) is 0 Å². The lowest BCUT2D eigenvalue weighted by molar-refractivity contribution is -0.131. The van der Waals surface area contributed by atoms with Gasteiger partial charge in [0.2, 0.25) is 5.91 Å². The van der Waals surface area contributed by atoms with Crippen molar-refractivity contribution in [1.29, 1.82) is 0 Å². The number of rotatable bonds is 10. The highest BCUT2D eigenvalue weighted by molar-refractivity contribution is 5.95. The maximum absolute atomic E-state index is 14.7. The molecule has 4 N–H and O–H groups in total. The first-order valence-corrected chi connectivity index (χ1v) is 12.3. The molecule has 0 unspecified atom stereocenters. The minimum absolute atomic E-state index is 0.0230. The number of ether oxygens (including phenoxy) is 1. The minimum atomic E-state index is -0.604. The first-order chi connectivity index (χ1) is 18.0. The fraction of sp³-hybridized carbons (Fsp3) is 0.385. The van der Waals surface area contributed by atoms with Gasteiger partial charge >= 0.3 is 0 Å². The van der Waals surface area contributed by atoms with Gasteiger partial charge in [-0.1, -0.05) is 24.3 Å². The summed E-state index contributed by atoms with van der Waals surface area (Å²) in [5.41, 5.74) is 6.39. The monoisotopic (exact) mass is 510 g/mol. The highest BCUT2D eigenvalue weighted by Gasteiger charge is 2.26. The molecule has 11 heteroatoms. The Morgan fingerprint density at radius 1 is 1.05 bits per heavy atom. The summed E-state index contributed by atoms with van der Waals surface area (Å²) >= 11 is 0. The van der Waals surface area contributed by atoms with E-state index in [4.69, 9.17) is 10.5 Å². The van der Waals surface area contributed by atoms with Crippen LogP contribution in [0.1, 0.15) is 21.6 Å². The van der Waals surface area contributed by atoms with Gasteiger partial charge in [0, 0.05) is 51.1 Å². The quantitative estimate of drug-likeness (QED) is 0.338. The largest absolute Gasteiger partial charge is 0.379 e. The number of hydrogen-bond acceptors (Lipinski definition) is 7. The van der Waals surface area contributed by atoms with Crippen molar-refractivity contribution < 1.29 is 18.7 Å². The number of halogens is 1. The number of H-pyrrole nitrogens is 1. The van der Waals surface area contributed by atoms with Gasteiger partial charge in [-0.05, 0) is 23.8 Å². The van der Waals surface area contributed by atoms with Gasteiger partial charge in [0.05, 0.1) is 36.4 Å². The van der Waals surface area contributed by atoms with E-state index < -0.39 is 11.7 Å². The van der Waals surface area contributed by atoms with Crippen molar-refractivity contribution in [3.05, 3.63) is 75.5 Å². The Labute approximate surface area is 213 Å². The molecule has 4 rings (SSSR count). The molecule has 2 amide bonds. The number of nitrogens with zero attached hydrogens (tertiary/aromatic N) is 3. The Morgan fingerprint density at radius 3 is 2.54 bits per heavy atom. The summed E-state index contributed by atoms with van der Waals surface area (Å²) in [6.45, 7) is 3.55. The van der Waals surface area contributed by atoms with Gasteiger partial charge < -0.3 is 25.6 Å². The molecule has 1 aliphatic rings. The minimum Gasteiger partial charge on any atom is -0.379 e. The van der Waals surface area contributed by atoms with Gasteiger partial charge in [-0.25, -0.2) is 9.49 Å². The predicted octanol–water partition coefficient (Wildman–Crippen LogP) is 0.502. The van der Waals surface area contributed by atoms with Crippen molar-refractivity contribution in [3.8, 4) is 0 Å². The number of carbonyl (C=O) groups excluding carboxylic acids is 2. The third-order valence-corrected chi connectivity index (χ3v) is 6.29. The first-order valence-electron chi connectivity index (χ1n) is 12.3. The smallest absolute Gasteiger partial charge is 0.272 e. The van der Waals surface area contributed by atoms with Crippen LogP contribution >= 0.6 is 0 Å². The van der Waals surface area contributed by atoms with Crippen LogP contribution in [0.15, 0.2) is 47.3 Å². The van der Waals surface area contributed by atoms with Crippen LogP contribution in [-0.4, -0.2) is 90.8 Å². The van der Waals surface area contributed by atoms with Crippen LogP contribution in [0.5, 0.6) is 0 Å². The second-order valence-corrected chi connectivity index (χ2v) is 8.79. The van der Waals surface area contributed by atoms with Crippen LogP contribution in [0.4, 0.5) is 4.39 Å². The van der Waals surface area contributed by atoms with Crippen LogP contribution in [0.3, 0.4) is 0 Å². The molecule has 2 heterocycles. The number of carbonyl (C=O) groups is 2. The molecule has 0 spiro atoms. The van der Waals surface area contributed by atoms with Gasteiger partial charge in [-0.2, -0.15) is 5.10 Å². The first kappa shape index (κ1) is 26.4. The molecular weight excluding hydrogens is 479 g/mol. The highest BCUT2D eigenvalue weighted by Crippen LogP contribution is 2.20. The van der Waals surface area contributed by atoms with Crippen molar-refractivity contribution in [2.45, 2.75) is 6.42 Å². The molecular formula is C26H31FN6O4. The summed E-state index contributed by atoms with van der Waals surface area (Å²) in [7, 11) is 0. The molecule has 37 heavy (non-hydrogen) atoms. The average molecular weight is 511 g/mol.